The van der Waals surface area contributed by atoms with Crippen molar-refractivity contribution in [3.05, 3.63) is 45.3 Å². The number of esters is 1. The number of hydrogen-bond acceptors (Lipinski definition) is 7. The second-order valence-electron chi connectivity index (χ2n) is 8.48. The molecule has 1 fully saturated rings. The zero-order valence-electron chi connectivity index (χ0n) is 20.2. The van der Waals surface area contributed by atoms with E-state index in [-0.39, 0.29) is 23.9 Å². The molecule has 2 heterocycles. The summed E-state index contributed by atoms with van der Waals surface area (Å²) in [4.78, 5) is 44.0. The van der Waals surface area contributed by atoms with E-state index in [0.717, 1.165) is 37.5 Å². The van der Waals surface area contributed by atoms with E-state index in [9.17, 15) is 14.4 Å². The highest BCUT2D eigenvalue weighted by Crippen LogP contribution is 2.34. The van der Waals surface area contributed by atoms with Crippen molar-refractivity contribution in [2.75, 3.05) is 64.1 Å². The molecular weight excluding hydrogens is 440 g/mol. The molecule has 0 unspecified atom stereocenters. The van der Waals surface area contributed by atoms with Crippen LogP contribution in [0.3, 0.4) is 0 Å². The van der Waals surface area contributed by atoms with Crippen LogP contribution in [-0.4, -0.2) is 81.5 Å². The van der Waals surface area contributed by atoms with Gasteiger partial charge in [0.25, 0.3) is 5.91 Å². The summed E-state index contributed by atoms with van der Waals surface area (Å²) < 4.78 is 4.89. The van der Waals surface area contributed by atoms with Crippen LogP contribution >= 0.6 is 11.3 Å². The lowest BCUT2D eigenvalue weighted by atomic mass is 10.1. The molecule has 1 aromatic heterocycles. The van der Waals surface area contributed by atoms with Crippen molar-refractivity contribution in [3.8, 4) is 0 Å². The van der Waals surface area contributed by atoms with E-state index in [4.69, 9.17) is 4.74 Å². The maximum absolute atomic E-state index is 12.8. The van der Waals surface area contributed by atoms with Crippen molar-refractivity contribution >= 4 is 39.8 Å². The number of thiophene rings is 1. The van der Waals surface area contributed by atoms with Crippen LogP contribution in [0.1, 0.15) is 36.7 Å². The Morgan fingerprint density at radius 1 is 1.06 bits per heavy atom. The van der Waals surface area contributed by atoms with Gasteiger partial charge in [0, 0.05) is 46.0 Å². The number of piperazine rings is 1. The fourth-order valence-electron chi connectivity index (χ4n) is 3.95. The van der Waals surface area contributed by atoms with Gasteiger partial charge in [0.1, 0.15) is 5.00 Å². The zero-order chi connectivity index (χ0) is 24.3. The number of aryl methyl sites for hydroxylation is 1. The molecule has 8 nitrogen and oxygen atoms in total. The lowest BCUT2D eigenvalue weighted by Gasteiger charge is -2.36. The van der Waals surface area contributed by atoms with Crippen LogP contribution in [-0.2, 0) is 9.53 Å². The molecule has 0 atom stereocenters. The van der Waals surface area contributed by atoms with Gasteiger partial charge >= 0.3 is 5.97 Å². The van der Waals surface area contributed by atoms with Gasteiger partial charge in [-0.15, -0.1) is 11.3 Å². The van der Waals surface area contributed by atoms with Crippen molar-refractivity contribution in [3.63, 3.8) is 0 Å². The van der Waals surface area contributed by atoms with Crippen LogP contribution in [0.4, 0.5) is 10.7 Å². The smallest absolute Gasteiger partial charge is 0.341 e. The average molecular weight is 473 g/mol. The van der Waals surface area contributed by atoms with Gasteiger partial charge in [0.05, 0.1) is 24.1 Å². The molecule has 1 N–H and O–H groups in total. The summed E-state index contributed by atoms with van der Waals surface area (Å²) in [5, 5.41) is 3.19. The number of anilines is 2. The third kappa shape index (κ3) is 5.36. The van der Waals surface area contributed by atoms with Gasteiger partial charge in [0.2, 0.25) is 5.91 Å². The van der Waals surface area contributed by atoms with E-state index in [2.05, 4.69) is 47.2 Å². The Balaban J connectivity index is 1.66. The molecule has 3 rings (SSSR count). The second kappa shape index (κ2) is 10.4. The fourth-order valence-corrected chi connectivity index (χ4v) is 5.18. The fraction of sp³-hybridized carbons (Fsp3) is 0.458. The first-order valence-electron chi connectivity index (χ1n) is 10.9. The van der Waals surface area contributed by atoms with Crippen LogP contribution in [0.15, 0.2) is 18.2 Å². The number of amides is 2. The summed E-state index contributed by atoms with van der Waals surface area (Å²) in [5.41, 5.74) is 4.56. The number of ether oxygens (including phenoxy) is 1. The summed E-state index contributed by atoms with van der Waals surface area (Å²) in [5.74, 6) is -1.00. The molecule has 9 heteroatoms. The van der Waals surface area contributed by atoms with Crippen LogP contribution < -0.4 is 10.2 Å². The minimum Gasteiger partial charge on any atom is -0.465 e. The van der Waals surface area contributed by atoms with Gasteiger partial charge in [-0.05, 0) is 43.5 Å². The predicted octanol–water partition coefficient (Wildman–Crippen LogP) is 2.92. The number of rotatable bonds is 6. The normalized spacial score (nSPS) is 14.2. The van der Waals surface area contributed by atoms with Crippen LogP contribution in [0, 0.1) is 20.8 Å². The number of nitrogens with one attached hydrogen (secondary N) is 1. The Hall–Kier alpha value is -2.91. The van der Waals surface area contributed by atoms with Gasteiger partial charge in [-0.2, -0.15) is 0 Å². The lowest BCUT2D eigenvalue weighted by Crippen LogP contribution is -2.48. The Bertz CT molecular complexity index is 1050. The predicted molar refractivity (Wildman–Crippen MR) is 132 cm³/mol. The van der Waals surface area contributed by atoms with Crippen molar-refractivity contribution in [1.82, 2.24) is 9.80 Å². The topological polar surface area (TPSA) is 82.2 Å². The summed E-state index contributed by atoms with van der Waals surface area (Å²) >= 11 is 1.11. The molecule has 1 aliphatic heterocycles. The van der Waals surface area contributed by atoms with Crippen molar-refractivity contribution in [2.24, 2.45) is 0 Å². The van der Waals surface area contributed by atoms with Crippen molar-refractivity contribution in [1.29, 1.82) is 0 Å². The van der Waals surface area contributed by atoms with E-state index in [1.807, 2.05) is 0 Å². The Morgan fingerprint density at radius 2 is 1.73 bits per heavy atom. The summed E-state index contributed by atoms with van der Waals surface area (Å²) in [6.45, 7) is 9.37. The molecule has 0 saturated carbocycles. The van der Waals surface area contributed by atoms with E-state index >= 15 is 0 Å². The maximum Gasteiger partial charge on any atom is 0.341 e. The Labute approximate surface area is 199 Å². The molecule has 2 aromatic rings. The SMILES string of the molecule is COC(=O)c1c(NC(=O)CN2CCN(c3cccc(C)c3C)CC2)sc(C(=O)N(C)C)c1C. The zero-order valence-corrected chi connectivity index (χ0v) is 21.0. The van der Waals surface area contributed by atoms with E-state index in [1.54, 1.807) is 21.0 Å². The first-order chi connectivity index (χ1) is 15.6. The second-order valence-corrected chi connectivity index (χ2v) is 9.50. The third-order valence-corrected chi connectivity index (χ3v) is 7.24. The third-order valence-electron chi connectivity index (χ3n) is 6.05. The lowest BCUT2D eigenvalue weighted by molar-refractivity contribution is -0.117. The van der Waals surface area contributed by atoms with Crippen molar-refractivity contribution < 1.29 is 19.1 Å². The number of hydrogen-bond donors (Lipinski definition) is 1. The molecule has 178 valence electrons. The summed E-state index contributed by atoms with van der Waals surface area (Å²) in [6, 6.07) is 6.34. The monoisotopic (exact) mass is 472 g/mol. The molecule has 1 saturated heterocycles. The van der Waals surface area contributed by atoms with Gasteiger partial charge in [-0.3, -0.25) is 14.5 Å². The highest BCUT2D eigenvalue weighted by Gasteiger charge is 2.28. The summed E-state index contributed by atoms with van der Waals surface area (Å²) in [6.07, 6.45) is 0. The summed E-state index contributed by atoms with van der Waals surface area (Å²) in [7, 11) is 4.58. The Morgan fingerprint density at radius 3 is 2.33 bits per heavy atom. The molecular formula is C24H32N4O4S. The number of nitrogens with zero attached hydrogens (tertiary/aromatic N) is 3. The van der Waals surface area contributed by atoms with Gasteiger partial charge in [-0.25, -0.2) is 4.79 Å². The van der Waals surface area contributed by atoms with E-state index in [1.165, 1.54) is 28.8 Å². The number of methoxy groups -OCH3 is 1. The van der Waals surface area contributed by atoms with E-state index in [0.29, 0.717) is 15.4 Å². The van der Waals surface area contributed by atoms with Gasteiger partial charge in [-0.1, -0.05) is 12.1 Å². The minimum atomic E-state index is -0.570. The first kappa shape index (κ1) is 24.7. The van der Waals surface area contributed by atoms with E-state index < -0.39 is 5.97 Å². The molecule has 1 aliphatic rings. The molecule has 0 aliphatic carbocycles. The number of carbonyl (C=O) groups excluding carboxylic acids is 3. The maximum atomic E-state index is 12.8. The quantitative estimate of drug-likeness (QED) is 0.651. The molecule has 0 radical (unpaired) electrons. The standard InChI is InChI=1S/C24H32N4O4S/c1-15-8-7-9-18(16(15)2)28-12-10-27(11-13-28)14-19(29)25-22-20(24(31)32-6)17(3)21(33-22)23(30)26(4)5/h7-9H,10-14H2,1-6H3,(H,25,29). The minimum absolute atomic E-state index is 0.217. The largest absolute Gasteiger partial charge is 0.465 e. The number of benzene rings is 1. The number of carbonyl (C=O) groups is 3. The van der Waals surface area contributed by atoms with Gasteiger partial charge < -0.3 is 19.9 Å². The highest BCUT2D eigenvalue weighted by atomic mass is 32.1. The molecule has 1 aromatic carbocycles. The van der Waals surface area contributed by atoms with Crippen molar-refractivity contribution in [2.45, 2.75) is 20.8 Å². The van der Waals surface area contributed by atoms with Crippen LogP contribution in [0.25, 0.3) is 0 Å². The first-order valence-corrected chi connectivity index (χ1v) is 11.7. The van der Waals surface area contributed by atoms with Crippen LogP contribution in [0.5, 0.6) is 0 Å². The average Bonchev–Trinajstić information content (AvgIpc) is 3.10. The molecule has 2 amide bonds. The van der Waals surface area contributed by atoms with Gasteiger partial charge in [0.15, 0.2) is 0 Å². The Kier molecular flexibility index (Phi) is 7.76. The molecule has 0 spiro atoms. The molecule has 33 heavy (non-hydrogen) atoms. The highest BCUT2D eigenvalue weighted by molar-refractivity contribution is 7.18. The van der Waals surface area contributed by atoms with Crippen LogP contribution in [0.2, 0.25) is 0 Å². The molecule has 0 bridgehead atoms.